The van der Waals surface area contributed by atoms with E-state index in [0.29, 0.717) is 43.4 Å². The van der Waals surface area contributed by atoms with Gasteiger partial charge in [-0.05, 0) is 45.0 Å². The minimum absolute atomic E-state index is 0.292. The van der Waals surface area contributed by atoms with Gasteiger partial charge in [-0.15, -0.1) is 12.3 Å². The number of piperazine rings is 1. The number of alkyl halides is 3. The van der Waals surface area contributed by atoms with Gasteiger partial charge in [0.1, 0.15) is 5.60 Å². The number of rotatable bonds is 4. The lowest BCUT2D eigenvalue weighted by Gasteiger charge is -2.41. The van der Waals surface area contributed by atoms with E-state index in [1.807, 2.05) is 4.90 Å². The lowest BCUT2D eigenvalue weighted by atomic mass is 10.1. The fraction of sp³-hybridized carbons (Fsp3) is 0.435. The molecule has 33 heavy (non-hydrogen) atoms. The number of terminal acetylenes is 1. The monoisotopic (exact) mass is 461 g/mol. The van der Waals surface area contributed by atoms with Gasteiger partial charge in [0.15, 0.2) is 11.6 Å². The van der Waals surface area contributed by atoms with Gasteiger partial charge in [0.25, 0.3) is 0 Å². The van der Waals surface area contributed by atoms with Crippen LogP contribution in [0.3, 0.4) is 0 Å². The van der Waals surface area contributed by atoms with Crippen LogP contribution < -0.4 is 10.2 Å². The Kier molecular flexibility index (Phi) is 7.01. The van der Waals surface area contributed by atoms with Crippen LogP contribution in [0.2, 0.25) is 0 Å². The van der Waals surface area contributed by atoms with Crippen LogP contribution in [-0.4, -0.2) is 52.2 Å². The molecule has 10 heteroatoms. The average Bonchev–Trinajstić information content (AvgIpc) is 2.73. The van der Waals surface area contributed by atoms with Gasteiger partial charge in [0.2, 0.25) is 0 Å². The molecule has 1 fully saturated rings. The first-order chi connectivity index (χ1) is 15.5. The second-order valence-corrected chi connectivity index (χ2v) is 8.61. The Labute approximate surface area is 191 Å². The molecular weight excluding hydrogens is 435 g/mol. The Morgan fingerprint density at radius 2 is 1.85 bits per heavy atom. The SMILES string of the molecule is C#CC[C@H]1CN(c2nccnc2Nc2ccc(C(F)(F)F)cc2)CCN1C(=O)OC(C)(C)C. The maximum absolute atomic E-state index is 12.8. The van der Waals surface area contributed by atoms with Crippen molar-refractivity contribution >= 4 is 23.4 Å². The minimum Gasteiger partial charge on any atom is -0.444 e. The Balaban J connectivity index is 1.78. The fourth-order valence-electron chi connectivity index (χ4n) is 3.45. The molecule has 1 atom stereocenters. The second-order valence-electron chi connectivity index (χ2n) is 8.61. The van der Waals surface area contributed by atoms with Crippen LogP contribution in [0.15, 0.2) is 36.7 Å². The third-order valence-corrected chi connectivity index (χ3v) is 4.92. The van der Waals surface area contributed by atoms with E-state index in [4.69, 9.17) is 11.2 Å². The van der Waals surface area contributed by atoms with Crippen LogP contribution in [0.1, 0.15) is 32.8 Å². The lowest BCUT2D eigenvalue weighted by Crippen LogP contribution is -2.56. The van der Waals surface area contributed by atoms with E-state index in [1.54, 1.807) is 25.7 Å². The van der Waals surface area contributed by atoms with E-state index in [2.05, 4.69) is 21.2 Å². The maximum Gasteiger partial charge on any atom is 0.416 e. The second kappa shape index (κ2) is 9.57. The molecule has 0 saturated carbocycles. The zero-order valence-electron chi connectivity index (χ0n) is 18.7. The van der Waals surface area contributed by atoms with Crippen molar-refractivity contribution in [3.05, 3.63) is 42.2 Å². The first kappa shape index (κ1) is 24.2. The van der Waals surface area contributed by atoms with Crippen molar-refractivity contribution in [2.24, 2.45) is 0 Å². The number of benzene rings is 1. The zero-order chi connectivity index (χ0) is 24.2. The van der Waals surface area contributed by atoms with Crippen molar-refractivity contribution in [3.63, 3.8) is 0 Å². The van der Waals surface area contributed by atoms with Gasteiger partial charge in [-0.2, -0.15) is 13.2 Å². The van der Waals surface area contributed by atoms with Crippen LogP contribution >= 0.6 is 0 Å². The minimum atomic E-state index is -4.41. The summed E-state index contributed by atoms with van der Waals surface area (Å²) in [7, 11) is 0. The number of amides is 1. The predicted molar refractivity (Wildman–Crippen MR) is 119 cm³/mol. The largest absolute Gasteiger partial charge is 0.444 e. The van der Waals surface area contributed by atoms with E-state index in [1.165, 1.54) is 24.5 Å². The summed E-state index contributed by atoms with van der Waals surface area (Å²) in [5, 5.41) is 3.03. The van der Waals surface area contributed by atoms with Gasteiger partial charge in [-0.1, -0.05) is 0 Å². The summed E-state index contributed by atoms with van der Waals surface area (Å²) in [6.07, 6.45) is 4.06. The number of nitrogens with one attached hydrogen (secondary N) is 1. The van der Waals surface area contributed by atoms with E-state index >= 15 is 0 Å². The van der Waals surface area contributed by atoms with E-state index in [-0.39, 0.29) is 6.04 Å². The Bertz CT molecular complexity index is 1010. The van der Waals surface area contributed by atoms with Crippen LogP contribution in [0.4, 0.5) is 35.3 Å². The highest BCUT2D eigenvalue weighted by Crippen LogP contribution is 2.32. The van der Waals surface area contributed by atoms with Gasteiger partial charge < -0.3 is 19.9 Å². The number of carbonyl (C=O) groups excluding carboxylic acids is 1. The number of ether oxygens (including phenoxy) is 1. The normalized spacial score (nSPS) is 16.8. The van der Waals surface area contributed by atoms with Crippen molar-refractivity contribution in [2.45, 2.75) is 45.0 Å². The van der Waals surface area contributed by atoms with Gasteiger partial charge in [0, 0.05) is 44.1 Å². The molecule has 0 bridgehead atoms. The van der Waals surface area contributed by atoms with Crippen molar-refractivity contribution < 1.29 is 22.7 Å². The summed E-state index contributed by atoms with van der Waals surface area (Å²) >= 11 is 0. The molecule has 1 aromatic heterocycles. The van der Waals surface area contributed by atoms with E-state index in [0.717, 1.165) is 12.1 Å². The first-order valence-corrected chi connectivity index (χ1v) is 10.4. The number of carbonyl (C=O) groups is 1. The molecule has 1 aliphatic rings. The van der Waals surface area contributed by atoms with Crippen LogP contribution in [0, 0.1) is 12.3 Å². The number of halogens is 3. The summed E-state index contributed by atoms with van der Waals surface area (Å²) < 4.78 is 44.0. The van der Waals surface area contributed by atoms with Crippen LogP contribution in [0.5, 0.6) is 0 Å². The molecule has 3 rings (SSSR count). The van der Waals surface area contributed by atoms with Crippen molar-refractivity contribution in [1.82, 2.24) is 14.9 Å². The Morgan fingerprint density at radius 3 is 2.45 bits per heavy atom. The highest BCUT2D eigenvalue weighted by Gasteiger charge is 2.34. The number of anilines is 3. The summed E-state index contributed by atoms with van der Waals surface area (Å²) in [5.74, 6) is 3.52. The smallest absolute Gasteiger partial charge is 0.416 e. The van der Waals surface area contributed by atoms with E-state index < -0.39 is 23.4 Å². The molecule has 1 N–H and O–H groups in total. The zero-order valence-corrected chi connectivity index (χ0v) is 18.7. The highest BCUT2D eigenvalue weighted by molar-refractivity contribution is 5.71. The van der Waals surface area contributed by atoms with Gasteiger partial charge in [-0.3, -0.25) is 0 Å². The van der Waals surface area contributed by atoms with Gasteiger partial charge >= 0.3 is 12.3 Å². The number of hydrogen-bond acceptors (Lipinski definition) is 6. The number of hydrogen-bond donors (Lipinski definition) is 1. The van der Waals surface area contributed by atoms with Crippen LogP contribution in [-0.2, 0) is 10.9 Å². The highest BCUT2D eigenvalue weighted by atomic mass is 19.4. The summed E-state index contributed by atoms with van der Waals surface area (Å²) in [5.41, 5.74) is -0.918. The molecule has 0 radical (unpaired) electrons. The Morgan fingerprint density at radius 1 is 1.18 bits per heavy atom. The third kappa shape index (κ3) is 6.28. The maximum atomic E-state index is 12.8. The topological polar surface area (TPSA) is 70.6 Å². The first-order valence-electron chi connectivity index (χ1n) is 10.4. The van der Waals surface area contributed by atoms with Gasteiger partial charge in [-0.25, -0.2) is 14.8 Å². The Hall–Kier alpha value is -3.48. The summed E-state index contributed by atoms with van der Waals surface area (Å²) in [6, 6.07) is 4.38. The predicted octanol–water partition coefficient (Wildman–Crippen LogP) is 4.69. The fourth-order valence-corrected chi connectivity index (χ4v) is 3.45. The van der Waals surface area contributed by atoms with E-state index in [9.17, 15) is 18.0 Å². The molecule has 176 valence electrons. The van der Waals surface area contributed by atoms with Gasteiger partial charge in [0.05, 0.1) is 11.6 Å². The molecule has 0 spiro atoms. The van der Waals surface area contributed by atoms with Crippen molar-refractivity contribution in [3.8, 4) is 12.3 Å². The molecule has 1 aromatic carbocycles. The molecule has 2 aromatic rings. The molecule has 2 heterocycles. The molecule has 0 aliphatic carbocycles. The van der Waals surface area contributed by atoms with Crippen molar-refractivity contribution in [2.75, 3.05) is 29.9 Å². The molecule has 1 amide bonds. The quantitative estimate of drug-likeness (QED) is 0.667. The molecule has 7 nitrogen and oxygen atoms in total. The molecule has 1 saturated heterocycles. The summed E-state index contributed by atoms with van der Waals surface area (Å²) in [6.45, 7) is 6.64. The van der Waals surface area contributed by atoms with Crippen molar-refractivity contribution in [1.29, 1.82) is 0 Å². The average molecular weight is 461 g/mol. The number of nitrogens with zero attached hydrogens (tertiary/aromatic N) is 4. The molecular formula is C23H26F3N5O2. The molecule has 0 unspecified atom stereocenters. The lowest BCUT2D eigenvalue weighted by molar-refractivity contribution is -0.137. The van der Waals surface area contributed by atoms with Crippen LogP contribution in [0.25, 0.3) is 0 Å². The standard InChI is InChI=1S/C23H26F3N5O2/c1-5-6-18-15-30(13-14-31(18)21(32)33-22(2,3)4)20-19(27-11-12-28-20)29-17-9-7-16(8-10-17)23(24,25)26/h1,7-12,18H,6,13-15H2,2-4H3,(H,27,29)/t18-/m0/s1. The third-order valence-electron chi connectivity index (χ3n) is 4.92. The molecule has 1 aliphatic heterocycles. The summed E-state index contributed by atoms with van der Waals surface area (Å²) in [4.78, 5) is 24.9. The number of aromatic nitrogens is 2.